The lowest BCUT2D eigenvalue weighted by atomic mass is 9.71. The Bertz CT molecular complexity index is 1370. The lowest BCUT2D eigenvalue weighted by molar-refractivity contribution is -0.0916. The van der Waals surface area contributed by atoms with Crippen LogP contribution in [0.5, 0.6) is 0 Å². The number of ether oxygens (including phenoxy) is 1. The van der Waals surface area contributed by atoms with Crippen molar-refractivity contribution in [3.8, 4) is 17.2 Å². The van der Waals surface area contributed by atoms with Crippen LogP contribution < -0.4 is 0 Å². The number of carboxylic acid groups (broad SMARTS) is 1. The van der Waals surface area contributed by atoms with E-state index in [1.165, 1.54) is 17.0 Å². The summed E-state index contributed by atoms with van der Waals surface area (Å²) in [5, 5.41) is 18.9. The van der Waals surface area contributed by atoms with Gasteiger partial charge in [-0.05, 0) is 64.4 Å². The first-order chi connectivity index (χ1) is 16.8. The smallest absolute Gasteiger partial charge is 0.407 e. The highest BCUT2D eigenvalue weighted by Crippen LogP contribution is 2.52. The van der Waals surface area contributed by atoms with E-state index in [-0.39, 0.29) is 19.7 Å². The second kappa shape index (κ2) is 8.79. The van der Waals surface area contributed by atoms with Gasteiger partial charge in [0.05, 0.1) is 19.1 Å². The quantitative estimate of drug-likeness (QED) is 0.513. The molecule has 3 aromatic rings. The van der Waals surface area contributed by atoms with Crippen molar-refractivity contribution in [2.45, 2.75) is 37.9 Å². The molecule has 5 rings (SSSR count). The van der Waals surface area contributed by atoms with Crippen molar-refractivity contribution in [2.24, 2.45) is 0 Å². The fraction of sp³-hybridized carbons (Fsp3) is 0.286. The van der Waals surface area contributed by atoms with Gasteiger partial charge >= 0.3 is 6.09 Å². The van der Waals surface area contributed by atoms with Gasteiger partial charge in [-0.3, -0.25) is 0 Å². The van der Waals surface area contributed by atoms with Gasteiger partial charge in [0.25, 0.3) is 0 Å². The number of likely N-dealkylation sites (tertiary alicyclic amines) is 1. The molecule has 0 aliphatic carbocycles. The van der Waals surface area contributed by atoms with Crippen LogP contribution in [0, 0.1) is 29.9 Å². The normalized spacial score (nSPS) is 21.1. The fourth-order valence-electron chi connectivity index (χ4n) is 5.61. The highest BCUT2D eigenvalue weighted by Gasteiger charge is 2.51. The van der Waals surface area contributed by atoms with E-state index in [0.717, 1.165) is 27.8 Å². The van der Waals surface area contributed by atoms with E-state index in [4.69, 9.17) is 4.74 Å². The molecule has 2 aliphatic rings. The predicted octanol–water partition coefficient (Wildman–Crippen LogP) is 5.90. The summed E-state index contributed by atoms with van der Waals surface area (Å²) in [6.07, 6.45) is -0.384. The molecule has 5 nitrogen and oxygen atoms in total. The van der Waals surface area contributed by atoms with Crippen molar-refractivity contribution < 1.29 is 23.4 Å². The Labute approximate surface area is 202 Å². The van der Waals surface area contributed by atoms with Crippen LogP contribution in [-0.2, 0) is 23.4 Å². The summed E-state index contributed by atoms with van der Waals surface area (Å²) in [5.41, 5.74) is 4.93. The second-order valence-corrected chi connectivity index (χ2v) is 9.20. The van der Waals surface area contributed by atoms with Crippen LogP contribution in [0.4, 0.5) is 13.6 Å². The number of hydrogen-bond acceptors (Lipinski definition) is 3. The summed E-state index contributed by atoms with van der Waals surface area (Å²) in [5.74, 6) is -2.25. The second-order valence-electron chi connectivity index (χ2n) is 9.20. The zero-order valence-electron chi connectivity index (χ0n) is 19.2. The average Bonchev–Trinajstić information content (AvgIpc) is 3.18. The van der Waals surface area contributed by atoms with Crippen LogP contribution in [-0.4, -0.2) is 29.2 Å². The Morgan fingerprint density at radius 3 is 2.71 bits per heavy atom. The van der Waals surface area contributed by atoms with E-state index in [1.54, 1.807) is 0 Å². The van der Waals surface area contributed by atoms with Gasteiger partial charge in [0.2, 0.25) is 0 Å². The minimum atomic E-state index is -1.02. The third-order valence-corrected chi connectivity index (χ3v) is 7.32. The minimum absolute atomic E-state index is 0.148. The van der Waals surface area contributed by atoms with Crippen LogP contribution in [0.3, 0.4) is 0 Å². The van der Waals surface area contributed by atoms with Crippen LogP contribution in [0.15, 0.2) is 54.6 Å². The van der Waals surface area contributed by atoms with E-state index >= 15 is 0 Å². The van der Waals surface area contributed by atoms with Gasteiger partial charge < -0.3 is 14.7 Å². The molecule has 2 heterocycles. The van der Waals surface area contributed by atoms with Crippen molar-refractivity contribution in [2.75, 3.05) is 13.1 Å². The molecular formula is C28H24F2N2O3. The number of hydrogen-bond donors (Lipinski definition) is 1. The molecule has 1 fully saturated rings. The number of fused-ring (bicyclic) bond motifs is 2. The van der Waals surface area contributed by atoms with Gasteiger partial charge in [0, 0.05) is 19.0 Å². The molecule has 1 saturated heterocycles. The lowest BCUT2D eigenvalue weighted by Crippen LogP contribution is -2.50. The minimum Gasteiger partial charge on any atom is -0.465 e. The van der Waals surface area contributed by atoms with E-state index in [2.05, 4.69) is 6.07 Å². The molecule has 2 atom stereocenters. The zero-order valence-corrected chi connectivity index (χ0v) is 19.2. The first-order valence-corrected chi connectivity index (χ1v) is 11.5. The Kier molecular flexibility index (Phi) is 5.78. The largest absolute Gasteiger partial charge is 0.465 e. The molecule has 0 saturated carbocycles. The molecular weight excluding hydrogens is 450 g/mol. The highest BCUT2D eigenvalue weighted by atomic mass is 19.2. The van der Waals surface area contributed by atoms with Crippen LogP contribution in [0.2, 0.25) is 0 Å². The van der Waals surface area contributed by atoms with E-state index in [9.17, 15) is 23.9 Å². The predicted molar refractivity (Wildman–Crippen MR) is 126 cm³/mol. The van der Waals surface area contributed by atoms with E-state index in [0.29, 0.717) is 24.0 Å². The molecule has 0 unspecified atom stereocenters. The number of benzene rings is 3. The third kappa shape index (κ3) is 3.84. The van der Waals surface area contributed by atoms with Gasteiger partial charge in [0.1, 0.15) is 5.60 Å². The number of rotatable bonds is 3. The number of amides is 1. The summed E-state index contributed by atoms with van der Waals surface area (Å²) in [6, 6.07) is 18.3. The molecule has 0 radical (unpaired) electrons. The maximum atomic E-state index is 14.3. The van der Waals surface area contributed by atoms with E-state index in [1.807, 2.05) is 49.4 Å². The molecule has 178 valence electrons. The van der Waals surface area contributed by atoms with Gasteiger partial charge in [-0.1, -0.05) is 42.5 Å². The van der Waals surface area contributed by atoms with Crippen LogP contribution in [0.25, 0.3) is 11.1 Å². The summed E-state index contributed by atoms with van der Waals surface area (Å²) in [4.78, 5) is 13.2. The molecule has 0 bridgehead atoms. The maximum absolute atomic E-state index is 14.3. The molecule has 1 spiro atoms. The lowest BCUT2D eigenvalue weighted by Gasteiger charge is -2.45. The third-order valence-electron chi connectivity index (χ3n) is 7.32. The van der Waals surface area contributed by atoms with Crippen molar-refractivity contribution >= 4 is 6.09 Å². The first-order valence-electron chi connectivity index (χ1n) is 11.5. The van der Waals surface area contributed by atoms with Crippen molar-refractivity contribution in [3.63, 3.8) is 0 Å². The molecule has 1 amide bonds. The van der Waals surface area contributed by atoms with Crippen molar-refractivity contribution in [3.05, 3.63) is 94.0 Å². The molecule has 2 aliphatic heterocycles. The Morgan fingerprint density at radius 1 is 1.20 bits per heavy atom. The van der Waals surface area contributed by atoms with Crippen molar-refractivity contribution in [1.29, 1.82) is 5.26 Å². The standard InChI is InChI=1S/C28H24F2N2O3/c1-17-12-19(22-5-3-2-4-18(22)8-10-31)6-7-21(17)24-15-32(27(33)34)11-9-28(24)23-14-26(30)25(29)13-20(23)16-35-28/h2-7,12-14,24H,8-9,11,15-16H2,1H3,(H,33,34)/t24-,28+/m1/s1. The van der Waals surface area contributed by atoms with Crippen molar-refractivity contribution in [1.82, 2.24) is 4.90 Å². The molecule has 7 heteroatoms. The number of aryl methyl sites for hydroxylation is 1. The number of nitriles is 1. The summed E-state index contributed by atoms with van der Waals surface area (Å²) < 4.78 is 34.5. The van der Waals surface area contributed by atoms with Gasteiger partial charge in [-0.15, -0.1) is 0 Å². The van der Waals surface area contributed by atoms with Crippen LogP contribution in [0.1, 0.15) is 40.2 Å². The Balaban J connectivity index is 1.61. The molecule has 1 N–H and O–H groups in total. The van der Waals surface area contributed by atoms with Crippen LogP contribution >= 0.6 is 0 Å². The van der Waals surface area contributed by atoms with Gasteiger partial charge in [-0.25, -0.2) is 13.6 Å². The number of piperidine rings is 1. The van der Waals surface area contributed by atoms with Gasteiger partial charge in [0.15, 0.2) is 11.6 Å². The number of carbonyl (C=O) groups is 1. The topological polar surface area (TPSA) is 73.6 Å². The Hall–Kier alpha value is -3.76. The average molecular weight is 475 g/mol. The first kappa shape index (κ1) is 23.0. The number of halogens is 2. The SMILES string of the molecule is Cc1cc(-c2ccccc2CC#N)ccc1[C@H]1CN(C(=O)O)CC[C@@]12OCc1cc(F)c(F)cc12. The van der Waals surface area contributed by atoms with E-state index < -0.39 is 29.2 Å². The fourth-order valence-corrected chi connectivity index (χ4v) is 5.61. The van der Waals surface area contributed by atoms with Gasteiger partial charge in [-0.2, -0.15) is 5.26 Å². The highest BCUT2D eigenvalue weighted by molar-refractivity contribution is 5.69. The molecule has 35 heavy (non-hydrogen) atoms. The number of nitrogens with zero attached hydrogens (tertiary/aromatic N) is 2. The molecule has 0 aromatic heterocycles. The maximum Gasteiger partial charge on any atom is 0.407 e. The summed E-state index contributed by atoms with van der Waals surface area (Å²) in [6.45, 7) is 2.52. The Morgan fingerprint density at radius 2 is 1.97 bits per heavy atom. The summed E-state index contributed by atoms with van der Waals surface area (Å²) >= 11 is 0. The molecule has 3 aromatic carbocycles. The summed E-state index contributed by atoms with van der Waals surface area (Å²) in [7, 11) is 0. The zero-order chi connectivity index (χ0) is 24.7. The monoisotopic (exact) mass is 474 g/mol.